The number of nitrogens with one attached hydrogen (secondary N) is 1. The summed E-state index contributed by atoms with van der Waals surface area (Å²) < 4.78 is 0. The minimum Gasteiger partial charge on any atom is -1.00 e. The van der Waals surface area contributed by atoms with Crippen LogP contribution in [0.4, 0.5) is 0 Å². The van der Waals surface area contributed by atoms with E-state index in [0.717, 1.165) is 5.52 Å². The van der Waals surface area contributed by atoms with Crippen LogP contribution < -0.4 is 24.8 Å². The smallest absolute Gasteiger partial charge is 1.00 e. The molecule has 12 heavy (non-hydrogen) atoms. The molecule has 0 saturated heterocycles. The summed E-state index contributed by atoms with van der Waals surface area (Å²) in [5, 5.41) is 0. The monoisotopic (exact) mass is 214 g/mol. The molecule has 4 nitrogen and oxygen atoms in total. The molecule has 2 aromatic heterocycles. The molecule has 7 heteroatoms. The molecule has 0 unspecified atom stereocenters. The Morgan fingerprint density at radius 2 is 1.92 bits per heavy atom. The fourth-order valence-corrected chi connectivity index (χ4v) is 0.691. The van der Waals surface area contributed by atoms with Gasteiger partial charge in [0.1, 0.15) is 11.8 Å². The second-order valence-electron chi connectivity index (χ2n) is 1.66. The summed E-state index contributed by atoms with van der Waals surface area (Å²) in [6.45, 7) is 0. The number of nitrogens with zero attached hydrogens (tertiary/aromatic N) is 3. The predicted molar refractivity (Wildman–Crippen MR) is 37.4 cm³/mol. The second kappa shape index (κ2) is 6.42. The van der Waals surface area contributed by atoms with Crippen molar-refractivity contribution in [2.75, 3.05) is 0 Å². The van der Waals surface area contributed by atoms with Crippen molar-refractivity contribution in [1.29, 1.82) is 0 Å². The average molecular weight is 215 g/mol. The molecule has 0 amide bonds. The first kappa shape index (κ1) is 14.4. The topological polar surface area (TPSA) is 54.5 Å². The van der Waals surface area contributed by atoms with Gasteiger partial charge in [-0.05, 0) is 0 Å². The van der Waals surface area contributed by atoms with E-state index in [1.807, 2.05) is 0 Å². The summed E-state index contributed by atoms with van der Waals surface area (Å²) >= 11 is 0. The van der Waals surface area contributed by atoms with Gasteiger partial charge in [0.05, 0.1) is 12.5 Å². The van der Waals surface area contributed by atoms with Gasteiger partial charge in [-0.3, -0.25) is 0 Å². The average Bonchev–Trinajstić information content (AvgIpc) is 2.33. The van der Waals surface area contributed by atoms with Crippen molar-refractivity contribution in [3.63, 3.8) is 0 Å². The Balaban J connectivity index is 0. The van der Waals surface area contributed by atoms with E-state index in [9.17, 15) is 0 Å². The molecule has 0 aliphatic carbocycles. The predicted octanol–water partition coefficient (Wildman–Crippen LogP) is -6.02. The summed E-state index contributed by atoms with van der Waals surface area (Å²) in [5.74, 6) is 0. The van der Waals surface area contributed by atoms with Gasteiger partial charge in [0.2, 0.25) is 0 Å². The normalized spacial score (nSPS) is 7.67. The molecule has 1 N–H and O–H groups in total. The van der Waals surface area contributed by atoms with Crippen LogP contribution in [0.3, 0.4) is 0 Å². The van der Waals surface area contributed by atoms with Crippen LogP contribution in [0.1, 0.15) is 0 Å². The molecule has 2 aromatic rings. The molecule has 0 radical (unpaired) electrons. The molecule has 2 heterocycles. The van der Waals surface area contributed by atoms with E-state index < -0.39 is 0 Å². The summed E-state index contributed by atoms with van der Waals surface area (Å²) in [7, 11) is 0. The second-order valence-corrected chi connectivity index (χ2v) is 1.66. The number of halogens is 2. The molecule has 60 valence electrons. The number of aromatic amines is 1. The van der Waals surface area contributed by atoms with Crippen LogP contribution in [0.5, 0.6) is 0 Å². The van der Waals surface area contributed by atoms with Crippen LogP contribution in [0.25, 0.3) is 11.2 Å². The number of H-pyrrole nitrogens is 1. The van der Waals surface area contributed by atoms with Gasteiger partial charge in [0, 0.05) is 0 Å². The first-order chi connectivity index (χ1) is 4.47. The fraction of sp³-hybridized carbons (Fsp3) is 0. The molecule has 0 aliphatic rings. The summed E-state index contributed by atoms with van der Waals surface area (Å²) in [4.78, 5) is 14.5. The van der Waals surface area contributed by atoms with Crippen LogP contribution >= 0.6 is 0 Å². The van der Waals surface area contributed by atoms with Gasteiger partial charge in [-0.25, -0.2) is 15.0 Å². The molecule has 0 spiro atoms. The molecule has 0 fully saturated rings. The first-order valence-corrected chi connectivity index (χ1v) is 2.56. The van der Waals surface area contributed by atoms with Crippen LogP contribution in [-0.4, -0.2) is 43.0 Å². The zero-order valence-corrected chi connectivity index (χ0v) is 8.96. The minimum atomic E-state index is 0. The van der Waals surface area contributed by atoms with Crippen LogP contribution in [-0.2, 0) is 0 Å². The van der Waals surface area contributed by atoms with Crippen molar-refractivity contribution < 1.29 is 24.8 Å². The van der Waals surface area contributed by atoms with Gasteiger partial charge in [0.25, 0.3) is 0 Å². The van der Waals surface area contributed by atoms with Crippen molar-refractivity contribution in [2.45, 2.75) is 0 Å². The van der Waals surface area contributed by atoms with E-state index in [1.54, 1.807) is 12.5 Å². The van der Waals surface area contributed by atoms with Crippen molar-refractivity contribution in [1.82, 2.24) is 19.9 Å². The molecule has 0 bridgehead atoms. The Morgan fingerprint density at radius 3 is 2.58 bits per heavy atom. The molecule has 2 rings (SSSR count). The van der Waals surface area contributed by atoms with Crippen LogP contribution in [0, 0.1) is 0 Å². The number of hydrogen-bond acceptors (Lipinski definition) is 3. The quantitative estimate of drug-likeness (QED) is 0.445. The third kappa shape index (κ3) is 2.74. The van der Waals surface area contributed by atoms with Crippen molar-refractivity contribution in [3.05, 3.63) is 18.9 Å². The maximum Gasteiger partial charge on any atom is 2.00 e. The third-order valence-corrected chi connectivity index (χ3v) is 1.10. The van der Waals surface area contributed by atoms with Crippen molar-refractivity contribution >= 4 is 34.2 Å². The van der Waals surface area contributed by atoms with Crippen molar-refractivity contribution in [2.24, 2.45) is 0 Å². The van der Waals surface area contributed by atoms with E-state index in [4.69, 9.17) is 0 Å². The van der Waals surface area contributed by atoms with Gasteiger partial charge in [-0.1, -0.05) is 0 Å². The number of rotatable bonds is 0. The van der Waals surface area contributed by atoms with Crippen LogP contribution in [0.15, 0.2) is 18.9 Å². The van der Waals surface area contributed by atoms with Gasteiger partial charge in [-0.15, -0.1) is 0 Å². The Morgan fingerprint density at radius 1 is 1.17 bits per heavy atom. The summed E-state index contributed by atoms with van der Waals surface area (Å²) in [6.07, 6.45) is 4.76. The molecule has 0 aromatic carbocycles. The number of aromatic nitrogens is 4. The Bertz CT molecular complexity index is 295. The van der Waals surface area contributed by atoms with E-state index in [1.165, 1.54) is 6.33 Å². The van der Waals surface area contributed by atoms with Gasteiger partial charge in [-0.2, -0.15) is 0 Å². The Kier molecular flexibility index (Phi) is 7.71. The van der Waals surface area contributed by atoms with E-state index in [2.05, 4.69) is 19.9 Å². The zero-order chi connectivity index (χ0) is 6.10. The van der Waals surface area contributed by atoms with E-state index in [-0.39, 0.29) is 47.9 Å². The summed E-state index contributed by atoms with van der Waals surface area (Å²) in [6, 6.07) is 0. The standard InChI is InChI=1S/C5H4N4.2ClH.Mg/c1-4-5(8-2-6-1)9-3-7-4;;;/h1-3H,(H,6,7,8,9);2*1H;/q;;;+2/p-2. The molecule has 0 aliphatic heterocycles. The molecular formula is C5H4Cl2MgN4. The van der Waals surface area contributed by atoms with Gasteiger partial charge in [0.15, 0.2) is 5.65 Å². The van der Waals surface area contributed by atoms with Crippen LogP contribution in [0.2, 0.25) is 0 Å². The third-order valence-electron chi connectivity index (χ3n) is 1.10. The van der Waals surface area contributed by atoms with Gasteiger partial charge >= 0.3 is 23.1 Å². The van der Waals surface area contributed by atoms with Gasteiger partial charge < -0.3 is 29.8 Å². The van der Waals surface area contributed by atoms with Crippen molar-refractivity contribution in [3.8, 4) is 0 Å². The maximum absolute atomic E-state index is 3.91. The molecule has 0 saturated carbocycles. The zero-order valence-electron chi connectivity index (χ0n) is 6.04. The largest absolute Gasteiger partial charge is 2.00 e. The first-order valence-electron chi connectivity index (χ1n) is 2.56. The minimum absolute atomic E-state index is 0. The fourth-order valence-electron chi connectivity index (χ4n) is 0.691. The Hall–Kier alpha value is -0.104. The molecular weight excluding hydrogens is 211 g/mol. The van der Waals surface area contributed by atoms with E-state index >= 15 is 0 Å². The Labute approximate surface area is 97.6 Å². The van der Waals surface area contributed by atoms with E-state index in [0.29, 0.717) is 5.65 Å². The number of imidazole rings is 1. The number of fused-ring (bicyclic) bond motifs is 1. The number of hydrogen-bond donors (Lipinski definition) is 1. The molecule has 0 atom stereocenters. The maximum atomic E-state index is 3.91. The summed E-state index contributed by atoms with van der Waals surface area (Å²) in [5.41, 5.74) is 1.59. The SMILES string of the molecule is [Cl-].[Cl-].[Mg+2].c1ncc2[nH]cnc2n1.